The van der Waals surface area contributed by atoms with Crippen molar-refractivity contribution in [3.63, 3.8) is 0 Å². The van der Waals surface area contributed by atoms with E-state index < -0.39 is 11.7 Å². The number of carbonyl (C=O) groups is 2. The molecule has 2 heterocycles. The topological polar surface area (TPSA) is 96.1 Å². The van der Waals surface area contributed by atoms with Crippen LogP contribution in [0.4, 0.5) is 15.8 Å². The molecule has 0 bridgehead atoms. The van der Waals surface area contributed by atoms with Crippen LogP contribution in [-0.4, -0.2) is 28.4 Å². The standard InChI is InChI=1S/C16H11FN4O3/c17-9-4-12-15(24-6-14(22)20-12)13(5-9)21-16(23)8-1-2-10-11(3-8)19-7-18-10/h1-5,7H,6H2,(H,18,19)(H,20,22)(H,21,23). The number of hydrogen-bond donors (Lipinski definition) is 3. The molecule has 0 radical (unpaired) electrons. The van der Waals surface area contributed by atoms with E-state index >= 15 is 0 Å². The van der Waals surface area contributed by atoms with E-state index in [-0.39, 0.29) is 29.6 Å². The molecule has 0 saturated carbocycles. The average molecular weight is 326 g/mol. The Labute approximate surface area is 134 Å². The number of imidazole rings is 1. The van der Waals surface area contributed by atoms with Crippen molar-refractivity contribution in [1.82, 2.24) is 9.97 Å². The molecule has 24 heavy (non-hydrogen) atoms. The van der Waals surface area contributed by atoms with Crippen LogP contribution in [0.2, 0.25) is 0 Å². The predicted molar refractivity (Wildman–Crippen MR) is 84.6 cm³/mol. The van der Waals surface area contributed by atoms with Gasteiger partial charge in [-0.05, 0) is 18.2 Å². The molecule has 2 amide bonds. The zero-order valence-corrected chi connectivity index (χ0v) is 12.2. The van der Waals surface area contributed by atoms with E-state index in [0.717, 1.165) is 17.6 Å². The maximum absolute atomic E-state index is 13.7. The molecule has 2 aromatic carbocycles. The Morgan fingerprint density at radius 2 is 2.17 bits per heavy atom. The van der Waals surface area contributed by atoms with E-state index in [1.165, 1.54) is 6.33 Å². The van der Waals surface area contributed by atoms with Crippen molar-refractivity contribution >= 4 is 34.2 Å². The number of nitrogens with zero attached hydrogens (tertiary/aromatic N) is 1. The van der Waals surface area contributed by atoms with Gasteiger partial charge in [0.25, 0.3) is 11.8 Å². The van der Waals surface area contributed by atoms with Crippen LogP contribution in [0, 0.1) is 5.82 Å². The Kier molecular flexibility index (Phi) is 3.16. The lowest BCUT2D eigenvalue weighted by atomic mass is 10.1. The number of ether oxygens (including phenoxy) is 1. The third kappa shape index (κ3) is 2.43. The maximum Gasteiger partial charge on any atom is 0.262 e. The first-order chi connectivity index (χ1) is 11.6. The summed E-state index contributed by atoms with van der Waals surface area (Å²) < 4.78 is 19.0. The first-order valence-electron chi connectivity index (χ1n) is 7.11. The Bertz CT molecular complexity index is 983. The summed E-state index contributed by atoms with van der Waals surface area (Å²) in [5.74, 6) is -1.18. The normalized spacial score (nSPS) is 13.1. The second kappa shape index (κ2) is 5.34. The van der Waals surface area contributed by atoms with Crippen molar-refractivity contribution in [1.29, 1.82) is 0 Å². The lowest BCUT2D eigenvalue weighted by Crippen LogP contribution is -2.26. The van der Waals surface area contributed by atoms with Gasteiger partial charge in [-0.2, -0.15) is 0 Å². The van der Waals surface area contributed by atoms with Crippen molar-refractivity contribution in [2.24, 2.45) is 0 Å². The Balaban J connectivity index is 1.67. The van der Waals surface area contributed by atoms with Gasteiger partial charge >= 0.3 is 0 Å². The molecule has 1 aliphatic rings. The molecule has 4 rings (SSSR count). The lowest BCUT2D eigenvalue weighted by molar-refractivity contribution is -0.118. The average Bonchev–Trinajstić information content (AvgIpc) is 3.01. The molecule has 3 aromatic rings. The molecule has 0 atom stereocenters. The summed E-state index contributed by atoms with van der Waals surface area (Å²) in [5.41, 5.74) is 2.17. The zero-order valence-electron chi connectivity index (χ0n) is 12.2. The molecule has 8 heteroatoms. The van der Waals surface area contributed by atoms with E-state index in [4.69, 9.17) is 4.74 Å². The molecule has 0 fully saturated rings. The van der Waals surface area contributed by atoms with Crippen LogP contribution in [0.25, 0.3) is 11.0 Å². The summed E-state index contributed by atoms with van der Waals surface area (Å²) in [7, 11) is 0. The second-order valence-electron chi connectivity index (χ2n) is 5.26. The first-order valence-corrected chi connectivity index (χ1v) is 7.11. The minimum absolute atomic E-state index is 0.153. The maximum atomic E-state index is 13.7. The van der Waals surface area contributed by atoms with Crippen LogP contribution in [-0.2, 0) is 4.79 Å². The van der Waals surface area contributed by atoms with Gasteiger partial charge in [0.15, 0.2) is 12.4 Å². The summed E-state index contributed by atoms with van der Waals surface area (Å²) in [5, 5.41) is 5.12. The number of nitrogens with one attached hydrogen (secondary N) is 3. The van der Waals surface area contributed by atoms with Crippen molar-refractivity contribution < 1.29 is 18.7 Å². The Hall–Kier alpha value is -3.42. The number of halogens is 1. The molecule has 0 unspecified atom stereocenters. The van der Waals surface area contributed by atoms with Crippen LogP contribution < -0.4 is 15.4 Å². The molecule has 0 saturated heterocycles. The quantitative estimate of drug-likeness (QED) is 0.673. The number of anilines is 2. The molecule has 3 N–H and O–H groups in total. The van der Waals surface area contributed by atoms with Gasteiger partial charge in [0.1, 0.15) is 5.82 Å². The number of fused-ring (bicyclic) bond motifs is 2. The van der Waals surface area contributed by atoms with Gasteiger partial charge in [-0.3, -0.25) is 9.59 Å². The molecule has 120 valence electrons. The van der Waals surface area contributed by atoms with Crippen LogP contribution in [0.1, 0.15) is 10.4 Å². The van der Waals surface area contributed by atoms with Crippen LogP contribution in [0.3, 0.4) is 0 Å². The van der Waals surface area contributed by atoms with Crippen molar-refractivity contribution in [3.05, 3.63) is 48.0 Å². The van der Waals surface area contributed by atoms with Crippen molar-refractivity contribution in [2.75, 3.05) is 17.2 Å². The van der Waals surface area contributed by atoms with Gasteiger partial charge in [0.05, 0.1) is 28.7 Å². The number of aromatic amines is 1. The fourth-order valence-electron chi connectivity index (χ4n) is 2.53. The van der Waals surface area contributed by atoms with Gasteiger partial charge in [0, 0.05) is 17.7 Å². The highest BCUT2D eigenvalue weighted by molar-refractivity contribution is 6.08. The molecular weight excluding hydrogens is 315 g/mol. The molecule has 1 aliphatic heterocycles. The lowest BCUT2D eigenvalue weighted by Gasteiger charge is -2.21. The van der Waals surface area contributed by atoms with E-state index in [2.05, 4.69) is 20.6 Å². The fraction of sp³-hybridized carbons (Fsp3) is 0.0625. The van der Waals surface area contributed by atoms with Crippen molar-refractivity contribution in [3.8, 4) is 5.75 Å². The van der Waals surface area contributed by atoms with Crippen LogP contribution >= 0.6 is 0 Å². The minimum atomic E-state index is -0.598. The minimum Gasteiger partial charge on any atom is -0.479 e. The number of H-pyrrole nitrogens is 1. The van der Waals surface area contributed by atoms with Crippen LogP contribution in [0.5, 0.6) is 5.75 Å². The predicted octanol–water partition coefficient (Wildman–Crippen LogP) is 2.29. The van der Waals surface area contributed by atoms with Gasteiger partial charge in [-0.25, -0.2) is 9.37 Å². The van der Waals surface area contributed by atoms with Gasteiger partial charge in [-0.1, -0.05) is 0 Å². The van der Waals surface area contributed by atoms with E-state index in [9.17, 15) is 14.0 Å². The third-order valence-electron chi connectivity index (χ3n) is 3.61. The third-order valence-corrected chi connectivity index (χ3v) is 3.61. The monoisotopic (exact) mass is 326 g/mol. The summed E-state index contributed by atoms with van der Waals surface area (Å²) in [6.45, 7) is -0.193. The SMILES string of the molecule is O=C1COc2c(cc(F)cc2NC(=O)c2ccc3nc[nH]c3c2)N1. The number of hydrogen-bond acceptors (Lipinski definition) is 4. The summed E-state index contributed by atoms with van der Waals surface area (Å²) in [6, 6.07) is 7.25. The summed E-state index contributed by atoms with van der Waals surface area (Å²) >= 11 is 0. The molecule has 7 nitrogen and oxygen atoms in total. The van der Waals surface area contributed by atoms with E-state index in [0.29, 0.717) is 11.1 Å². The van der Waals surface area contributed by atoms with Crippen LogP contribution in [0.15, 0.2) is 36.7 Å². The van der Waals surface area contributed by atoms with Gasteiger partial charge in [0.2, 0.25) is 0 Å². The number of benzene rings is 2. The Morgan fingerprint density at radius 3 is 3.04 bits per heavy atom. The first kappa shape index (κ1) is 14.2. The highest BCUT2D eigenvalue weighted by Crippen LogP contribution is 2.37. The fourth-order valence-corrected chi connectivity index (χ4v) is 2.53. The second-order valence-corrected chi connectivity index (χ2v) is 5.26. The summed E-state index contributed by atoms with van der Waals surface area (Å²) in [4.78, 5) is 30.8. The smallest absolute Gasteiger partial charge is 0.262 e. The van der Waals surface area contributed by atoms with Crippen molar-refractivity contribution in [2.45, 2.75) is 0 Å². The van der Waals surface area contributed by atoms with E-state index in [1.54, 1.807) is 18.2 Å². The number of aromatic nitrogens is 2. The molecule has 0 spiro atoms. The molecular formula is C16H11FN4O3. The molecule has 0 aliphatic carbocycles. The largest absolute Gasteiger partial charge is 0.479 e. The Morgan fingerprint density at radius 1 is 1.29 bits per heavy atom. The number of carbonyl (C=O) groups excluding carboxylic acids is 2. The highest BCUT2D eigenvalue weighted by Gasteiger charge is 2.22. The summed E-state index contributed by atoms with van der Waals surface area (Å²) in [6.07, 6.45) is 1.53. The zero-order chi connectivity index (χ0) is 16.7. The van der Waals surface area contributed by atoms with E-state index in [1.807, 2.05) is 0 Å². The number of amides is 2. The van der Waals surface area contributed by atoms with Gasteiger partial charge < -0.3 is 20.4 Å². The number of rotatable bonds is 2. The highest BCUT2D eigenvalue weighted by atomic mass is 19.1. The van der Waals surface area contributed by atoms with Gasteiger partial charge in [-0.15, -0.1) is 0 Å². The molecule has 1 aromatic heterocycles.